The molecule has 0 unspecified atom stereocenters. The monoisotopic (exact) mass is 809 g/mol. The zero-order chi connectivity index (χ0) is 39.4. The van der Waals surface area contributed by atoms with Gasteiger partial charge in [-0.25, -0.2) is 13.2 Å². The van der Waals surface area contributed by atoms with Crippen molar-refractivity contribution in [2.45, 2.75) is 9.79 Å². The molecule has 2 heterocycles. The van der Waals surface area contributed by atoms with Crippen LogP contribution in [0.15, 0.2) is 93.4 Å². The zero-order valence-electron chi connectivity index (χ0n) is 28.8. The van der Waals surface area contributed by atoms with E-state index in [1.165, 1.54) is 28.8 Å². The summed E-state index contributed by atoms with van der Waals surface area (Å²) < 4.78 is 67.7. The van der Waals surface area contributed by atoms with Crippen LogP contribution in [0.5, 0.6) is 6.01 Å². The van der Waals surface area contributed by atoms with Gasteiger partial charge < -0.3 is 35.0 Å². The number of ketones is 1. The van der Waals surface area contributed by atoms with Crippen molar-refractivity contribution in [3.63, 3.8) is 0 Å². The first-order valence-corrected chi connectivity index (χ1v) is 18.3. The number of nitrogens with two attached hydrogens (primary N) is 2. The van der Waals surface area contributed by atoms with Crippen molar-refractivity contribution >= 4 is 77.5 Å². The molecule has 6 aromatic rings. The molecule has 0 saturated heterocycles. The number of carbonyl (C=O) groups is 2. The van der Waals surface area contributed by atoms with Crippen LogP contribution in [0.4, 0.5) is 34.6 Å². The second-order valence-electron chi connectivity index (χ2n) is 11.7. The fraction of sp³-hybridized carbons (Fsp3) is 0.0303. The summed E-state index contributed by atoms with van der Waals surface area (Å²) in [6.45, 7) is 0. The Balaban J connectivity index is 0.00000532. The van der Waals surface area contributed by atoms with Crippen molar-refractivity contribution in [1.29, 1.82) is 0 Å². The number of hydrogen-bond donors (Lipinski definition) is 6. The summed E-state index contributed by atoms with van der Waals surface area (Å²) in [5, 5.41) is 18.9. The van der Waals surface area contributed by atoms with Gasteiger partial charge in [-0.15, -0.1) is 0 Å². The van der Waals surface area contributed by atoms with Gasteiger partial charge in [0.25, 0.3) is 5.56 Å². The Labute approximate surface area is 337 Å². The molecule has 0 fully saturated rings. The van der Waals surface area contributed by atoms with Gasteiger partial charge in [0.2, 0.25) is 11.9 Å². The molecule has 0 bridgehead atoms. The maximum absolute atomic E-state index is 14.0. The molecule has 4 aromatic carbocycles. The molecule has 0 spiro atoms. The van der Waals surface area contributed by atoms with Crippen LogP contribution in [0.3, 0.4) is 0 Å². The average Bonchev–Trinajstić information content (AvgIpc) is 3.14. The van der Waals surface area contributed by atoms with E-state index in [-0.39, 0.29) is 74.9 Å². The van der Waals surface area contributed by atoms with Gasteiger partial charge >= 0.3 is 51.7 Å². The average molecular weight is 810 g/mol. The van der Waals surface area contributed by atoms with Gasteiger partial charge in [0, 0.05) is 29.8 Å². The Hall–Kier alpha value is -5.82. The van der Waals surface area contributed by atoms with Crippen LogP contribution in [0, 0.1) is 0 Å². The first-order chi connectivity index (χ1) is 26.1. The summed E-state index contributed by atoms with van der Waals surface area (Å²) in [5.41, 5.74) is 0.893. The molecule has 8 N–H and O–H groups in total. The van der Waals surface area contributed by atoms with E-state index in [1.807, 2.05) is 0 Å². The number of hydrogen-bond acceptors (Lipinski definition) is 19. The number of nitrogens with one attached hydrogen (secondary N) is 3. The summed E-state index contributed by atoms with van der Waals surface area (Å²) in [6, 6.07) is 16.7. The molecule has 2 aromatic heterocycles. The topological polar surface area (TPSA) is 313 Å². The Morgan fingerprint density at radius 2 is 1.45 bits per heavy atom. The second-order valence-corrected chi connectivity index (χ2v) is 14.6. The Morgan fingerprint density at radius 1 is 0.786 bits per heavy atom. The van der Waals surface area contributed by atoms with E-state index in [1.54, 1.807) is 37.4 Å². The molecule has 1 aliphatic carbocycles. The molecule has 0 radical (unpaired) electrons. The third kappa shape index (κ3) is 7.30. The number of aromatic nitrogens is 4. The van der Waals surface area contributed by atoms with Gasteiger partial charge in [0.15, 0.2) is 5.78 Å². The van der Waals surface area contributed by atoms with Crippen LogP contribution in [0.1, 0.15) is 26.3 Å². The van der Waals surface area contributed by atoms with E-state index >= 15 is 0 Å². The molecular weight excluding hydrogens is 786 g/mol. The molecule has 0 amide bonds. The van der Waals surface area contributed by atoms with E-state index in [0.717, 1.165) is 24.3 Å². The van der Waals surface area contributed by atoms with Crippen LogP contribution in [0.2, 0.25) is 0 Å². The van der Waals surface area contributed by atoms with E-state index in [9.17, 15) is 40.9 Å². The third-order valence-electron chi connectivity index (χ3n) is 8.46. The fourth-order valence-electron chi connectivity index (χ4n) is 6.05. The second kappa shape index (κ2) is 15.0. The number of benzene rings is 4. The van der Waals surface area contributed by atoms with Gasteiger partial charge in [-0.3, -0.25) is 9.59 Å². The molecule has 0 atom stereocenters. The smallest absolute Gasteiger partial charge is 0.744 e. The van der Waals surface area contributed by atoms with Crippen molar-refractivity contribution in [2.75, 3.05) is 16.0 Å². The van der Waals surface area contributed by atoms with Crippen molar-refractivity contribution in [3.05, 3.63) is 106 Å². The molecule has 23 heteroatoms. The summed E-state index contributed by atoms with van der Waals surface area (Å²) in [7, 11) is -8.16. The van der Waals surface area contributed by atoms with E-state index in [0.29, 0.717) is 27.6 Å². The molecule has 280 valence electrons. The van der Waals surface area contributed by atoms with Gasteiger partial charge in [0.1, 0.15) is 15.0 Å². The predicted molar refractivity (Wildman–Crippen MR) is 192 cm³/mol. The van der Waals surface area contributed by atoms with Crippen molar-refractivity contribution in [1.82, 2.24) is 19.5 Å². The zero-order valence-corrected chi connectivity index (χ0v) is 32.4. The van der Waals surface area contributed by atoms with Crippen LogP contribution in [0.25, 0.3) is 22.0 Å². The van der Waals surface area contributed by atoms with Gasteiger partial charge in [0.05, 0.1) is 38.6 Å². The van der Waals surface area contributed by atoms with Crippen LogP contribution >= 0.6 is 0 Å². The third-order valence-corrected chi connectivity index (χ3v) is 10.5. The van der Waals surface area contributed by atoms with E-state index < -0.39 is 53.7 Å². The first-order valence-electron chi connectivity index (χ1n) is 15.4. The Morgan fingerprint density at radius 3 is 2.12 bits per heavy atom. The number of fused-ring (bicyclic) bond motifs is 2. The normalized spacial score (nSPS) is 12.0. The van der Waals surface area contributed by atoms with Crippen molar-refractivity contribution < 1.29 is 74.8 Å². The number of aromatic hydroxyl groups is 1. The molecule has 0 saturated carbocycles. The number of nitrogens with zero attached hydrogens (tertiary/aromatic N) is 4. The summed E-state index contributed by atoms with van der Waals surface area (Å²) in [6.07, 6.45) is 0. The summed E-state index contributed by atoms with van der Waals surface area (Å²) in [5.74, 6) is 7.57. The first kappa shape index (κ1) is 39.9. The summed E-state index contributed by atoms with van der Waals surface area (Å²) in [4.78, 5) is 53.4. The Kier molecular flexibility index (Phi) is 10.7. The van der Waals surface area contributed by atoms with E-state index in [4.69, 9.17) is 11.8 Å². The van der Waals surface area contributed by atoms with Crippen LogP contribution in [-0.2, 0) is 36.4 Å². The molecule has 7 rings (SSSR count). The van der Waals surface area contributed by atoms with Crippen LogP contribution < -0.4 is 62.9 Å². The largest absolute Gasteiger partial charge is 1.00 e. The van der Waals surface area contributed by atoms with Crippen molar-refractivity contribution in [2.24, 2.45) is 18.8 Å². The molecule has 56 heavy (non-hydrogen) atoms. The minimum Gasteiger partial charge on any atom is -0.744 e. The minimum atomic E-state index is -5.12. The maximum Gasteiger partial charge on any atom is 1.00 e. The predicted octanol–water partition coefficient (Wildman–Crippen LogP) is -0.611. The number of rotatable bonds is 10. The molecule has 20 nitrogen and oxygen atoms in total. The standard InChI is InChI=1S/C33H25N9O11S2.Na/c1-42-23-9-8-20(28-27(23)19(14-26(42)43)17-4-2-3-5-18(17)29(28)44)37-22-13-16(7-11-24(22)54(47,48)49)36-31-39-32(41-33(46)40-31)38-21-12-15(30(45)52-34)6-10-25(21)55(50,51)53-35;/h2-14,37H,34-35H2,1H3,(H,47,48,49)(H3,36,38,39,40,41,46);/q;+1/p-1. The Bertz CT molecular complexity index is 2930. The fourth-order valence-corrected chi connectivity index (χ4v) is 7.38. The van der Waals surface area contributed by atoms with Gasteiger partial charge in [-0.05, 0) is 59.7 Å². The quantitative estimate of drug-likeness (QED) is 0.0570. The van der Waals surface area contributed by atoms with Crippen molar-refractivity contribution in [3.8, 4) is 17.1 Å². The van der Waals surface area contributed by atoms with E-state index in [2.05, 4.69) is 40.0 Å². The number of aryl methyl sites for hydroxylation is 1. The van der Waals surface area contributed by atoms with Gasteiger partial charge in [-0.1, -0.05) is 24.3 Å². The summed E-state index contributed by atoms with van der Waals surface area (Å²) >= 11 is 0. The molecule has 1 aliphatic rings. The molecule has 0 aliphatic heterocycles. The van der Waals surface area contributed by atoms with Gasteiger partial charge in [-0.2, -0.15) is 39.4 Å². The molecular formula is C33H24N9NaO11S2. The number of anilines is 6. The number of pyridine rings is 1. The number of carbonyl (C=O) groups excluding carboxylic acids is 2. The SMILES string of the molecule is Cn1c(=O)cc2c3c(c(Nc4cc(Nc5nc(O)nc(Nc6cc(C(=O)ON)ccc6S(=O)(=O)ON)n5)ccc4S(=O)(=O)[O-])ccc31)C(=O)c1ccccc1-2.[Na+]. The maximum atomic E-state index is 14.0. The van der Waals surface area contributed by atoms with Crippen LogP contribution in [-0.4, -0.2) is 57.8 Å². The minimum absolute atomic E-state index is 0.